The predicted molar refractivity (Wildman–Crippen MR) is 139 cm³/mol. The molecule has 2 aromatic heterocycles. The lowest BCUT2D eigenvalue weighted by atomic mass is 10.0. The highest BCUT2D eigenvalue weighted by molar-refractivity contribution is 5.76. The van der Waals surface area contributed by atoms with Crippen molar-refractivity contribution < 1.29 is 14.6 Å². The number of rotatable bonds is 9. The van der Waals surface area contributed by atoms with E-state index in [0.717, 1.165) is 54.3 Å². The van der Waals surface area contributed by atoms with Crippen molar-refractivity contribution in [2.24, 2.45) is 7.05 Å². The number of benzene rings is 1. The molecule has 0 spiro atoms. The summed E-state index contributed by atoms with van der Waals surface area (Å²) in [5, 5.41) is 16.6. The van der Waals surface area contributed by atoms with Crippen LogP contribution in [0.4, 0.5) is 5.82 Å². The van der Waals surface area contributed by atoms with E-state index in [-0.39, 0.29) is 6.61 Å². The first kappa shape index (κ1) is 25.2. The molecule has 3 aromatic rings. The van der Waals surface area contributed by atoms with Crippen LogP contribution in [-0.2, 0) is 11.8 Å². The average Bonchev–Trinajstić information content (AvgIpc) is 3.11. The first-order chi connectivity index (χ1) is 16.9. The first-order valence-corrected chi connectivity index (χ1v) is 12.3. The van der Waals surface area contributed by atoms with Gasteiger partial charge in [0.25, 0.3) is 0 Å². The highest BCUT2D eigenvalue weighted by Gasteiger charge is 2.22. The van der Waals surface area contributed by atoms with E-state index in [1.165, 1.54) is 11.3 Å². The Labute approximate surface area is 207 Å². The minimum Gasteiger partial charge on any atom is -0.491 e. The number of aryl methyl sites for hydroxylation is 2. The van der Waals surface area contributed by atoms with Crippen LogP contribution >= 0.6 is 0 Å². The van der Waals surface area contributed by atoms with Crippen LogP contribution < -0.4 is 15.4 Å². The van der Waals surface area contributed by atoms with Crippen molar-refractivity contribution in [1.82, 2.24) is 19.9 Å². The number of hydrogen-bond acceptors (Lipinski definition) is 7. The monoisotopic (exact) mass is 479 g/mol. The molecule has 1 saturated heterocycles. The van der Waals surface area contributed by atoms with E-state index in [2.05, 4.69) is 49.2 Å². The summed E-state index contributed by atoms with van der Waals surface area (Å²) in [7, 11) is 3.87. The molecule has 0 amide bonds. The lowest BCUT2D eigenvalue weighted by Gasteiger charge is -2.25. The van der Waals surface area contributed by atoms with Gasteiger partial charge in [0.2, 0.25) is 0 Å². The number of ether oxygens (including phenoxy) is 2. The molecule has 1 aliphatic rings. The molecule has 0 bridgehead atoms. The van der Waals surface area contributed by atoms with Gasteiger partial charge in [-0.05, 0) is 58.4 Å². The Bertz CT molecular complexity index is 1150. The van der Waals surface area contributed by atoms with Crippen molar-refractivity contribution in [2.45, 2.75) is 45.8 Å². The van der Waals surface area contributed by atoms with Gasteiger partial charge in [-0.1, -0.05) is 12.1 Å². The van der Waals surface area contributed by atoms with Gasteiger partial charge < -0.3 is 29.8 Å². The van der Waals surface area contributed by atoms with Gasteiger partial charge in [-0.15, -0.1) is 0 Å². The summed E-state index contributed by atoms with van der Waals surface area (Å²) < 4.78 is 13.5. The Kier molecular flexibility index (Phi) is 8.05. The van der Waals surface area contributed by atoms with Gasteiger partial charge in [0.1, 0.15) is 24.3 Å². The van der Waals surface area contributed by atoms with Crippen molar-refractivity contribution in [1.29, 1.82) is 0 Å². The van der Waals surface area contributed by atoms with Crippen LogP contribution in [0, 0.1) is 20.8 Å². The predicted octanol–water partition coefficient (Wildman–Crippen LogP) is 3.62. The number of anilines is 1. The fourth-order valence-electron chi connectivity index (χ4n) is 4.55. The van der Waals surface area contributed by atoms with Gasteiger partial charge in [-0.25, -0.2) is 9.97 Å². The lowest BCUT2D eigenvalue weighted by Crippen LogP contribution is -2.29. The number of nitrogens with zero attached hydrogens (tertiary/aromatic N) is 3. The first-order valence-electron chi connectivity index (χ1n) is 12.3. The average molecular weight is 480 g/mol. The molecule has 1 aliphatic heterocycles. The number of aliphatic hydroxyl groups excluding tert-OH is 1. The summed E-state index contributed by atoms with van der Waals surface area (Å²) in [6, 6.07) is 8.07. The minimum absolute atomic E-state index is 0.212. The van der Waals surface area contributed by atoms with Crippen LogP contribution in [0.5, 0.6) is 5.75 Å². The van der Waals surface area contributed by atoms with Crippen LogP contribution in [0.1, 0.15) is 29.7 Å². The number of nitrogens with one attached hydrogen (secondary N) is 2. The number of aliphatic hydroxyl groups is 1. The van der Waals surface area contributed by atoms with Crippen molar-refractivity contribution >= 4 is 5.82 Å². The molecule has 188 valence electrons. The minimum atomic E-state index is -0.579. The third kappa shape index (κ3) is 5.83. The molecule has 8 heteroatoms. The van der Waals surface area contributed by atoms with E-state index in [9.17, 15) is 5.11 Å². The van der Waals surface area contributed by atoms with Crippen LogP contribution in [-0.4, -0.2) is 65.2 Å². The van der Waals surface area contributed by atoms with Gasteiger partial charge in [0.15, 0.2) is 5.82 Å². The summed E-state index contributed by atoms with van der Waals surface area (Å²) in [4.78, 5) is 10.0. The second-order valence-electron chi connectivity index (χ2n) is 9.33. The van der Waals surface area contributed by atoms with Gasteiger partial charge >= 0.3 is 0 Å². The van der Waals surface area contributed by atoms with Crippen molar-refractivity contribution in [3.05, 3.63) is 47.3 Å². The molecule has 0 saturated carbocycles. The Morgan fingerprint density at radius 1 is 1.20 bits per heavy atom. The molecule has 3 heterocycles. The highest BCUT2D eigenvalue weighted by atomic mass is 16.5. The maximum atomic E-state index is 10.0. The molecule has 35 heavy (non-hydrogen) atoms. The quantitative estimate of drug-likeness (QED) is 0.432. The summed E-state index contributed by atoms with van der Waals surface area (Å²) in [5.74, 6) is 2.17. The number of hydrogen-bond donors (Lipinski definition) is 3. The van der Waals surface area contributed by atoms with Gasteiger partial charge in [-0.3, -0.25) is 0 Å². The zero-order chi connectivity index (χ0) is 24.9. The molecule has 1 unspecified atom stereocenters. The Morgan fingerprint density at radius 2 is 1.97 bits per heavy atom. The van der Waals surface area contributed by atoms with Gasteiger partial charge in [0, 0.05) is 61.4 Å². The van der Waals surface area contributed by atoms with E-state index in [1.807, 2.05) is 24.3 Å². The summed E-state index contributed by atoms with van der Waals surface area (Å²) >= 11 is 0. The molecule has 1 fully saturated rings. The zero-order valence-corrected chi connectivity index (χ0v) is 21.4. The van der Waals surface area contributed by atoms with Crippen molar-refractivity contribution in [3.8, 4) is 28.4 Å². The fraction of sp³-hybridized carbons (Fsp3) is 0.481. The maximum Gasteiger partial charge on any atom is 0.162 e. The molecular formula is C27H37N5O3. The molecule has 4 rings (SSSR count). The van der Waals surface area contributed by atoms with Crippen molar-refractivity contribution in [3.63, 3.8) is 0 Å². The Morgan fingerprint density at radius 3 is 2.66 bits per heavy atom. The normalized spacial score (nSPS) is 15.3. The topological polar surface area (TPSA) is 93.5 Å². The molecule has 0 radical (unpaired) electrons. The molecule has 1 aromatic carbocycles. The Hall–Kier alpha value is -2.94. The van der Waals surface area contributed by atoms with E-state index in [4.69, 9.17) is 19.4 Å². The molecule has 0 aliphatic carbocycles. The third-order valence-electron chi connectivity index (χ3n) is 6.59. The molecule has 3 N–H and O–H groups in total. The van der Waals surface area contributed by atoms with Crippen LogP contribution in [0.3, 0.4) is 0 Å². The van der Waals surface area contributed by atoms with E-state index in [0.29, 0.717) is 24.2 Å². The Balaban J connectivity index is 1.74. The standard InChI is InChI=1S/C27H37N5O3/c1-17-15-32(5)19(3)24(17)25-18(2)26(29-21-9-11-34-12-10-21)31-27(30-25)20-7-6-8-23(13-20)35-16-22(33)14-28-4/h6-8,13,15,21-22,28,33H,9-12,14,16H2,1-5H3,(H,29,30,31). The van der Waals surface area contributed by atoms with Crippen molar-refractivity contribution in [2.75, 3.05) is 38.7 Å². The van der Waals surface area contributed by atoms with E-state index < -0.39 is 6.10 Å². The zero-order valence-electron chi connectivity index (χ0n) is 21.4. The third-order valence-corrected chi connectivity index (χ3v) is 6.59. The molecule has 1 atom stereocenters. The lowest BCUT2D eigenvalue weighted by molar-refractivity contribution is 0.0904. The molecular weight excluding hydrogens is 442 g/mol. The second-order valence-corrected chi connectivity index (χ2v) is 9.33. The number of likely N-dealkylation sites (N-methyl/N-ethyl adjacent to an activating group) is 1. The van der Waals surface area contributed by atoms with Crippen LogP contribution in [0.2, 0.25) is 0 Å². The fourth-order valence-corrected chi connectivity index (χ4v) is 4.55. The smallest absolute Gasteiger partial charge is 0.162 e. The summed E-state index contributed by atoms with van der Waals surface area (Å²) in [5.41, 5.74) is 6.35. The SMILES string of the molecule is CNCC(O)COc1cccc(-c2nc(NC3CCOCC3)c(C)c(-c3c(C)cn(C)c3C)n2)c1. The summed E-state index contributed by atoms with van der Waals surface area (Å²) in [6.45, 7) is 8.55. The van der Waals surface area contributed by atoms with E-state index in [1.54, 1.807) is 7.05 Å². The largest absolute Gasteiger partial charge is 0.491 e. The van der Waals surface area contributed by atoms with E-state index >= 15 is 0 Å². The maximum absolute atomic E-state index is 10.0. The highest BCUT2D eigenvalue weighted by Crippen LogP contribution is 2.35. The second kappa shape index (κ2) is 11.2. The molecule has 8 nitrogen and oxygen atoms in total. The van der Waals surface area contributed by atoms with Gasteiger partial charge in [0.05, 0.1) is 5.69 Å². The van der Waals surface area contributed by atoms with Gasteiger partial charge in [-0.2, -0.15) is 0 Å². The summed E-state index contributed by atoms with van der Waals surface area (Å²) in [6.07, 6.45) is 3.47. The van der Waals surface area contributed by atoms with Crippen LogP contribution in [0.25, 0.3) is 22.6 Å². The van der Waals surface area contributed by atoms with Crippen LogP contribution in [0.15, 0.2) is 30.5 Å². The number of aromatic nitrogens is 3.